The normalized spacial score (nSPS) is 25.9. The Morgan fingerprint density at radius 3 is 2.83 bits per heavy atom. The maximum Gasteiger partial charge on any atom is 0.232 e. The van der Waals surface area contributed by atoms with Crippen LogP contribution >= 0.6 is 12.4 Å². The molecule has 0 radical (unpaired) electrons. The quantitative estimate of drug-likeness (QED) is 0.765. The van der Waals surface area contributed by atoms with Crippen LogP contribution in [0.4, 0.5) is 11.4 Å². The van der Waals surface area contributed by atoms with Gasteiger partial charge in [0.2, 0.25) is 11.8 Å². The molecule has 2 fully saturated rings. The fraction of sp³-hybridized carbons (Fsp3) is 0.636. The smallest absolute Gasteiger partial charge is 0.232 e. The van der Waals surface area contributed by atoms with Crippen molar-refractivity contribution >= 4 is 35.6 Å². The Balaban J connectivity index is 0.00000240. The summed E-state index contributed by atoms with van der Waals surface area (Å²) in [5, 5.41) is 6.58. The highest BCUT2D eigenvalue weighted by molar-refractivity contribution is 6.01. The van der Waals surface area contributed by atoms with Gasteiger partial charge in [-0.15, -0.1) is 12.4 Å². The Labute approximate surface area is 179 Å². The summed E-state index contributed by atoms with van der Waals surface area (Å²) < 4.78 is 5.74. The molecule has 2 heterocycles. The third-order valence-electron chi connectivity index (χ3n) is 6.46. The highest BCUT2D eigenvalue weighted by Gasteiger charge is 2.49. The van der Waals surface area contributed by atoms with E-state index in [1.165, 1.54) is 6.42 Å². The molecule has 1 aliphatic carbocycles. The number of nitrogens with zero attached hydrogens (tertiary/aromatic N) is 1. The molecular weight excluding hydrogens is 390 g/mol. The van der Waals surface area contributed by atoms with E-state index in [9.17, 15) is 9.59 Å². The van der Waals surface area contributed by atoms with Gasteiger partial charge < -0.3 is 20.3 Å². The van der Waals surface area contributed by atoms with E-state index < -0.39 is 5.41 Å². The van der Waals surface area contributed by atoms with Crippen LogP contribution in [0.3, 0.4) is 0 Å². The van der Waals surface area contributed by atoms with E-state index in [-0.39, 0.29) is 29.6 Å². The zero-order chi connectivity index (χ0) is 19.9. The summed E-state index contributed by atoms with van der Waals surface area (Å²) in [5.74, 6) is 1.28. The van der Waals surface area contributed by atoms with E-state index in [1.54, 1.807) is 4.90 Å². The van der Waals surface area contributed by atoms with Crippen molar-refractivity contribution in [2.24, 2.45) is 16.7 Å². The van der Waals surface area contributed by atoms with Gasteiger partial charge in [-0.25, -0.2) is 0 Å². The van der Waals surface area contributed by atoms with Gasteiger partial charge in [0.1, 0.15) is 12.4 Å². The Hall–Kier alpha value is -1.79. The number of nitrogens with one attached hydrogen (secondary N) is 2. The second kappa shape index (κ2) is 8.15. The summed E-state index contributed by atoms with van der Waals surface area (Å²) >= 11 is 0. The second-order valence-electron chi connectivity index (χ2n) is 9.42. The Bertz CT molecular complexity index is 792. The first kappa shape index (κ1) is 21.9. The molecule has 4 rings (SSSR count). The first-order chi connectivity index (χ1) is 13.3. The monoisotopic (exact) mass is 421 g/mol. The molecule has 2 aliphatic heterocycles. The number of ether oxygens (including phenoxy) is 1. The summed E-state index contributed by atoms with van der Waals surface area (Å²) in [7, 11) is 0. The SMILES string of the molecule is CC(C)(C)C(=O)N1CCOc2ccc(NC(=O)[C@@]34CCCC[C@H]3CNC4)cc21.Cl. The van der Waals surface area contributed by atoms with Crippen molar-refractivity contribution in [2.75, 3.05) is 36.5 Å². The topological polar surface area (TPSA) is 70.7 Å². The molecule has 2 N–H and O–H groups in total. The van der Waals surface area contributed by atoms with E-state index in [2.05, 4.69) is 10.6 Å². The van der Waals surface area contributed by atoms with Gasteiger partial charge in [0, 0.05) is 17.6 Å². The van der Waals surface area contributed by atoms with E-state index in [0.717, 1.165) is 43.7 Å². The Morgan fingerprint density at radius 2 is 2.07 bits per heavy atom. The lowest BCUT2D eigenvalue weighted by Gasteiger charge is -2.37. The van der Waals surface area contributed by atoms with Crippen LogP contribution in [0, 0.1) is 16.7 Å². The predicted octanol–water partition coefficient (Wildman–Crippen LogP) is 3.60. The summed E-state index contributed by atoms with van der Waals surface area (Å²) in [5.41, 5.74) is 0.696. The molecule has 1 aromatic carbocycles. The molecule has 0 bridgehead atoms. The van der Waals surface area contributed by atoms with Gasteiger partial charge in [-0.2, -0.15) is 0 Å². The van der Waals surface area contributed by atoms with Crippen LogP contribution in [0.2, 0.25) is 0 Å². The van der Waals surface area contributed by atoms with Crippen molar-refractivity contribution < 1.29 is 14.3 Å². The predicted molar refractivity (Wildman–Crippen MR) is 117 cm³/mol. The van der Waals surface area contributed by atoms with Crippen LogP contribution in [0.5, 0.6) is 5.75 Å². The first-order valence-corrected chi connectivity index (χ1v) is 10.4. The van der Waals surface area contributed by atoms with Crippen LogP contribution in [0.15, 0.2) is 18.2 Å². The fourth-order valence-electron chi connectivity index (χ4n) is 4.86. The highest BCUT2D eigenvalue weighted by Crippen LogP contribution is 2.45. The van der Waals surface area contributed by atoms with Crippen LogP contribution in [-0.4, -0.2) is 38.1 Å². The molecule has 1 saturated heterocycles. The van der Waals surface area contributed by atoms with Gasteiger partial charge in [-0.05, 0) is 43.5 Å². The molecule has 2 amide bonds. The van der Waals surface area contributed by atoms with Gasteiger partial charge in [-0.1, -0.05) is 33.6 Å². The summed E-state index contributed by atoms with van der Waals surface area (Å²) in [6, 6.07) is 5.61. The summed E-state index contributed by atoms with van der Waals surface area (Å²) in [4.78, 5) is 27.9. The summed E-state index contributed by atoms with van der Waals surface area (Å²) in [6.45, 7) is 8.46. The number of carbonyl (C=O) groups is 2. The number of rotatable bonds is 2. The average molecular weight is 422 g/mol. The standard InChI is InChI=1S/C22H31N3O3.ClH/c1-21(2,3)20(27)25-10-11-28-18-8-7-16(12-17(18)25)24-19(26)22-9-5-4-6-15(22)13-23-14-22;/h7-8,12,15,23H,4-6,9-11,13-14H2,1-3H3,(H,24,26);1H/t15-,22+;/m0./s1. The first-order valence-electron chi connectivity index (χ1n) is 10.4. The van der Waals surface area contributed by atoms with Crippen molar-refractivity contribution in [1.29, 1.82) is 0 Å². The molecule has 1 aromatic rings. The number of benzene rings is 1. The molecule has 0 unspecified atom stereocenters. The molecule has 0 spiro atoms. The molecule has 29 heavy (non-hydrogen) atoms. The van der Waals surface area contributed by atoms with Crippen LogP contribution in [0.25, 0.3) is 0 Å². The van der Waals surface area contributed by atoms with Crippen molar-refractivity contribution in [3.63, 3.8) is 0 Å². The maximum atomic E-state index is 13.3. The zero-order valence-electron chi connectivity index (χ0n) is 17.5. The lowest BCUT2D eigenvalue weighted by atomic mass is 9.67. The molecule has 2 atom stereocenters. The van der Waals surface area contributed by atoms with E-state index in [4.69, 9.17) is 4.74 Å². The van der Waals surface area contributed by atoms with Crippen LogP contribution < -0.4 is 20.3 Å². The summed E-state index contributed by atoms with van der Waals surface area (Å²) in [6.07, 6.45) is 4.38. The minimum atomic E-state index is -0.475. The number of halogens is 1. The van der Waals surface area contributed by atoms with E-state index in [0.29, 0.717) is 24.8 Å². The fourth-order valence-corrected chi connectivity index (χ4v) is 4.86. The van der Waals surface area contributed by atoms with Gasteiger partial charge in [0.05, 0.1) is 17.6 Å². The zero-order valence-corrected chi connectivity index (χ0v) is 18.4. The molecule has 0 aromatic heterocycles. The molecule has 160 valence electrons. The second-order valence-corrected chi connectivity index (χ2v) is 9.42. The number of carbonyl (C=O) groups excluding carboxylic acids is 2. The lowest BCUT2D eigenvalue weighted by Crippen LogP contribution is -2.45. The van der Waals surface area contributed by atoms with Crippen LogP contribution in [-0.2, 0) is 9.59 Å². The van der Waals surface area contributed by atoms with Crippen molar-refractivity contribution in [2.45, 2.75) is 46.5 Å². The molecule has 3 aliphatic rings. The Morgan fingerprint density at radius 1 is 1.28 bits per heavy atom. The molecule has 1 saturated carbocycles. The van der Waals surface area contributed by atoms with Gasteiger partial charge >= 0.3 is 0 Å². The average Bonchev–Trinajstić information content (AvgIpc) is 3.11. The number of fused-ring (bicyclic) bond motifs is 2. The van der Waals surface area contributed by atoms with Crippen molar-refractivity contribution in [3.05, 3.63) is 18.2 Å². The third-order valence-corrected chi connectivity index (χ3v) is 6.46. The largest absolute Gasteiger partial charge is 0.490 e. The number of anilines is 2. The number of amides is 2. The van der Waals surface area contributed by atoms with Crippen molar-refractivity contribution in [3.8, 4) is 5.75 Å². The minimum absolute atomic E-state index is 0. The Kier molecular flexibility index (Phi) is 6.16. The lowest BCUT2D eigenvalue weighted by molar-refractivity contribution is -0.128. The van der Waals surface area contributed by atoms with Crippen molar-refractivity contribution in [1.82, 2.24) is 5.32 Å². The van der Waals surface area contributed by atoms with Gasteiger partial charge in [0.15, 0.2) is 0 Å². The van der Waals surface area contributed by atoms with E-state index >= 15 is 0 Å². The third kappa shape index (κ3) is 3.97. The van der Waals surface area contributed by atoms with Crippen LogP contribution in [0.1, 0.15) is 46.5 Å². The molecule has 6 nitrogen and oxygen atoms in total. The molecule has 7 heteroatoms. The van der Waals surface area contributed by atoms with Gasteiger partial charge in [0.25, 0.3) is 0 Å². The highest BCUT2D eigenvalue weighted by atomic mass is 35.5. The maximum absolute atomic E-state index is 13.3. The van der Waals surface area contributed by atoms with Gasteiger partial charge in [-0.3, -0.25) is 9.59 Å². The molecular formula is C22H32ClN3O3. The minimum Gasteiger partial charge on any atom is -0.490 e. The number of hydrogen-bond acceptors (Lipinski definition) is 4. The van der Waals surface area contributed by atoms with E-state index in [1.807, 2.05) is 39.0 Å². The number of hydrogen-bond donors (Lipinski definition) is 2.